The smallest absolute Gasteiger partial charge is 0.420 e. The first-order valence-corrected chi connectivity index (χ1v) is 13.0. The second-order valence-corrected chi connectivity index (χ2v) is 9.95. The number of hydrogen-bond donors (Lipinski definition) is 2. The van der Waals surface area contributed by atoms with Crippen molar-refractivity contribution in [2.24, 2.45) is 0 Å². The number of benzene rings is 2. The summed E-state index contributed by atoms with van der Waals surface area (Å²) in [6.07, 6.45) is -1.30. The van der Waals surface area contributed by atoms with E-state index in [1.54, 1.807) is 12.1 Å². The van der Waals surface area contributed by atoms with E-state index in [1.165, 1.54) is 59.6 Å². The highest BCUT2D eigenvalue weighted by Gasteiger charge is 2.36. The average Bonchev–Trinajstić information content (AvgIpc) is 3.37. The first-order valence-electron chi connectivity index (χ1n) is 13.0. The van der Waals surface area contributed by atoms with Crippen molar-refractivity contribution in [1.82, 2.24) is 15.2 Å². The van der Waals surface area contributed by atoms with Gasteiger partial charge in [0.1, 0.15) is 17.2 Å². The molecule has 3 heterocycles. The first kappa shape index (κ1) is 28.8. The minimum Gasteiger partial charge on any atom is -0.459 e. The Morgan fingerprint density at radius 1 is 1.02 bits per heavy atom. The van der Waals surface area contributed by atoms with Crippen LogP contribution in [0.3, 0.4) is 0 Å². The lowest BCUT2D eigenvalue weighted by molar-refractivity contribution is -0.136. The molecule has 5 rings (SSSR count). The van der Waals surface area contributed by atoms with E-state index in [0.29, 0.717) is 16.9 Å². The molecule has 1 fully saturated rings. The van der Waals surface area contributed by atoms with Crippen molar-refractivity contribution in [3.8, 4) is 11.1 Å². The number of amides is 2. The number of hydrogen-bond acceptors (Lipinski definition) is 5. The van der Waals surface area contributed by atoms with Crippen molar-refractivity contribution >= 4 is 34.7 Å². The number of halogens is 5. The molecule has 0 saturated carbocycles. The third-order valence-electron chi connectivity index (χ3n) is 6.89. The van der Waals surface area contributed by atoms with E-state index < -0.39 is 42.3 Å². The number of likely N-dealkylation sites (tertiary alicyclic amines) is 1. The molecule has 4 aromatic rings. The fraction of sp³-hybridized carbons (Fsp3) is 0.233. The number of furan rings is 1. The summed E-state index contributed by atoms with van der Waals surface area (Å²) in [4.78, 5) is 30.2. The zero-order valence-corrected chi connectivity index (χ0v) is 22.1. The van der Waals surface area contributed by atoms with Gasteiger partial charge < -0.3 is 20.4 Å². The number of alkyl halides is 5. The predicted molar refractivity (Wildman–Crippen MR) is 146 cm³/mol. The van der Waals surface area contributed by atoms with Gasteiger partial charge >= 0.3 is 6.18 Å². The number of nitrogens with one attached hydrogen (secondary N) is 1. The second kappa shape index (κ2) is 11.3. The monoisotopic (exact) mass is 584 g/mol. The van der Waals surface area contributed by atoms with Crippen molar-refractivity contribution in [3.05, 3.63) is 89.3 Å². The molecule has 0 bridgehead atoms. The normalized spacial score (nSPS) is 15.3. The van der Waals surface area contributed by atoms with Gasteiger partial charge in [0.25, 0.3) is 11.8 Å². The van der Waals surface area contributed by atoms with Crippen LogP contribution in [0, 0.1) is 0 Å². The van der Waals surface area contributed by atoms with Crippen LogP contribution in [0.25, 0.3) is 28.2 Å². The third-order valence-corrected chi connectivity index (χ3v) is 6.89. The molecule has 218 valence electrons. The number of anilines is 1. The van der Waals surface area contributed by atoms with E-state index in [1.807, 2.05) is 0 Å². The Bertz CT molecular complexity index is 1630. The van der Waals surface area contributed by atoms with E-state index in [-0.39, 0.29) is 47.5 Å². The maximum atomic E-state index is 14.0. The summed E-state index contributed by atoms with van der Waals surface area (Å²) in [5.74, 6) is -3.24. The van der Waals surface area contributed by atoms with Crippen molar-refractivity contribution in [2.45, 2.75) is 31.5 Å². The summed E-state index contributed by atoms with van der Waals surface area (Å²) in [5.41, 5.74) is 5.72. The Morgan fingerprint density at radius 3 is 2.38 bits per heavy atom. The lowest BCUT2D eigenvalue weighted by Crippen LogP contribution is -2.42. The van der Waals surface area contributed by atoms with Gasteiger partial charge in [0.05, 0.1) is 12.1 Å². The van der Waals surface area contributed by atoms with E-state index in [4.69, 9.17) is 10.2 Å². The molecule has 1 aliphatic rings. The Kier molecular flexibility index (Phi) is 7.72. The number of rotatable bonds is 6. The van der Waals surface area contributed by atoms with Crippen LogP contribution in [0.15, 0.2) is 71.3 Å². The van der Waals surface area contributed by atoms with Crippen LogP contribution in [-0.4, -0.2) is 40.7 Å². The van der Waals surface area contributed by atoms with Gasteiger partial charge in [-0.3, -0.25) is 9.59 Å². The number of nitrogens with zero attached hydrogens (tertiary/aromatic N) is 2. The summed E-state index contributed by atoms with van der Waals surface area (Å²) in [6, 6.07) is 13.1. The molecule has 0 spiro atoms. The van der Waals surface area contributed by atoms with Crippen LogP contribution in [0.4, 0.5) is 27.8 Å². The summed E-state index contributed by atoms with van der Waals surface area (Å²) >= 11 is 0. The van der Waals surface area contributed by atoms with Crippen LogP contribution in [-0.2, 0) is 17.5 Å². The summed E-state index contributed by atoms with van der Waals surface area (Å²) in [6.45, 7) is -0.290. The van der Waals surface area contributed by atoms with Gasteiger partial charge in [0.2, 0.25) is 5.91 Å². The number of fused-ring (bicyclic) bond motifs is 1. The lowest BCUT2D eigenvalue weighted by atomic mass is 9.98. The van der Waals surface area contributed by atoms with Crippen molar-refractivity contribution in [1.29, 1.82) is 0 Å². The number of aromatic nitrogens is 1. The highest BCUT2D eigenvalue weighted by atomic mass is 19.4. The minimum atomic E-state index is -4.73. The number of piperidine rings is 1. The number of carbonyl (C=O) groups is 2. The topological polar surface area (TPSA) is 101 Å². The molecule has 2 aromatic heterocycles. The van der Waals surface area contributed by atoms with E-state index in [2.05, 4.69) is 10.3 Å². The maximum Gasteiger partial charge on any atom is 0.420 e. The maximum absolute atomic E-state index is 14.0. The third kappa shape index (κ3) is 6.59. The fourth-order valence-electron chi connectivity index (χ4n) is 4.62. The largest absolute Gasteiger partial charge is 0.459 e. The number of carbonyl (C=O) groups excluding carboxylic acids is 2. The Labute approximate surface area is 236 Å². The number of pyridine rings is 1. The molecule has 2 amide bonds. The van der Waals surface area contributed by atoms with E-state index >= 15 is 0 Å². The van der Waals surface area contributed by atoms with Crippen LogP contribution in [0.5, 0.6) is 0 Å². The number of nitrogens with two attached hydrogens (primary N) is 1. The molecule has 2 aromatic carbocycles. The van der Waals surface area contributed by atoms with Crippen LogP contribution >= 0.6 is 0 Å². The Balaban J connectivity index is 1.33. The summed E-state index contributed by atoms with van der Waals surface area (Å²) in [7, 11) is 0. The van der Waals surface area contributed by atoms with Crippen molar-refractivity contribution in [3.63, 3.8) is 0 Å². The Hall–Kier alpha value is -4.74. The molecule has 0 radical (unpaired) electrons. The SMILES string of the molecule is Nc1ccc(/C=C/C(=O)NCc2cc3cc(-c4ccc(C(=O)N5CCC(F)(F)CC5)cc4)cc(C(F)(F)F)c3o2)cn1. The zero-order valence-electron chi connectivity index (χ0n) is 22.1. The second-order valence-electron chi connectivity index (χ2n) is 9.95. The quantitative estimate of drug-likeness (QED) is 0.205. The highest BCUT2D eigenvalue weighted by Crippen LogP contribution is 2.39. The van der Waals surface area contributed by atoms with Crippen LogP contribution in [0.2, 0.25) is 0 Å². The molecular weight excluding hydrogens is 559 g/mol. The first-order chi connectivity index (χ1) is 19.9. The lowest BCUT2D eigenvalue weighted by Gasteiger charge is -2.31. The van der Waals surface area contributed by atoms with Gasteiger partial charge in [0, 0.05) is 49.2 Å². The van der Waals surface area contributed by atoms with Crippen molar-refractivity contribution < 1.29 is 36.0 Å². The summed E-state index contributed by atoms with van der Waals surface area (Å²) < 4.78 is 74.4. The molecule has 42 heavy (non-hydrogen) atoms. The molecule has 0 unspecified atom stereocenters. The van der Waals surface area contributed by atoms with Crippen LogP contribution in [0.1, 0.15) is 40.1 Å². The van der Waals surface area contributed by atoms with Gasteiger partial charge in [-0.15, -0.1) is 0 Å². The Morgan fingerprint density at radius 2 is 1.74 bits per heavy atom. The molecule has 0 atom stereocenters. The van der Waals surface area contributed by atoms with Gasteiger partial charge in [0.15, 0.2) is 0 Å². The summed E-state index contributed by atoms with van der Waals surface area (Å²) in [5, 5.41) is 2.75. The number of nitrogen functional groups attached to an aromatic ring is 1. The van der Waals surface area contributed by atoms with Gasteiger partial charge in [-0.05, 0) is 65.2 Å². The minimum absolute atomic E-state index is 0.0706. The predicted octanol–water partition coefficient (Wildman–Crippen LogP) is 6.30. The van der Waals surface area contributed by atoms with Gasteiger partial charge in [-0.1, -0.05) is 12.1 Å². The van der Waals surface area contributed by atoms with Gasteiger partial charge in [-0.2, -0.15) is 13.2 Å². The molecule has 1 saturated heterocycles. The molecule has 12 heteroatoms. The molecular formula is C30H25F5N4O3. The van der Waals surface area contributed by atoms with E-state index in [9.17, 15) is 31.5 Å². The fourth-order valence-corrected chi connectivity index (χ4v) is 4.62. The molecule has 3 N–H and O–H groups in total. The molecule has 7 nitrogen and oxygen atoms in total. The highest BCUT2D eigenvalue weighted by molar-refractivity contribution is 5.95. The molecule has 0 aliphatic carbocycles. The van der Waals surface area contributed by atoms with Crippen LogP contribution < -0.4 is 11.1 Å². The zero-order chi connectivity index (χ0) is 30.1. The molecule has 1 aliphatic heterocycles. The van der Waals surface area contributed by atoms with E-state index in [0.717, 1.165) is 6.07 Å². The van der Waals surface area contributed by atoms with Gasteiger partial charge in [-0.25, -0.2) is 13.8 Å². The van der Waals surface area contributed by atoms with Crippen molar-refractivity contribution in [2.75, 3.05) is 18.8 Å². The average molecular weight is 585 g/mol. The standard InChI is InChI=1S/C30H25F5N4O3/c31-29(32)9-11-39(12-10-29)28(41)20-5-3-19(4-6-20)21-13-22-14-23(42-27(22)24(15-21)30(33,34)35)17-38-26(40)8-2-18-1-7-25(36)37-16-18/h1-8,13-16H,9-12,17H2,(H2,36,37)(H,38,40)/b8-2+.